The van der Waals surface area contributed by atoms with Crippen LogP contribution in [-0.4, -0.2) is 34.9 Å². The Hall–Kier alpha value is -2.08. The minimum absolute atomic E-state index is 0.0586. The monoisotopic (exact) mass is 295 g/mol. The smallest absolute Gasteiger partial charge is 0.407 e. The van der Waals surface area contributed by atoms with Gasteiger partial charge >= 0.3 is 12.1 Å². The molecule has 21 heavy (non-hydrogen) atoms. The Morgan fingerprint density at radius 1 is 1.24 bits per heavy atom. The molecule has 0 aromatic heterocycles. The predicted octanol–water partition coefficient (Wildman–Crippen LogP) is 1.77. The van der Waals surface area contributed by atoms with Gasteiger partial charge in [-0.2, -0.15) is 0 Å². The topological polar surface area (TPSA) is 95.9 Å². The molecular weight excluding hydrogens is 274 g/mol. The summed E-state index contributed by atoms with van der Waals surface area (Å²) in [6.45, 7) is 2.45. The Morgan fingerprint density at radius 2 is 1.90 bits per heavy atom. The Balaban J connectivity index is 2.16. The summed E-state index contributed by atoms with van der Waals surface area (Å²) in [5.74, 6) is -1.17. The van der Waals surface area contributed by atoms with Crippen LogP contribution < -0.4 is 5.32 Å². The maximum Gasteiger partial charge on any atom is 0.407 e. The number of benzene rings is 1. The molecule has 0 radical (unpaired) electrons. The number of aliphatic hydroxyl groups is 1. The number of carbonyl (C=O) groups excluding carboxylic acids is 1. The van der Waals surface area contributed by atoms with Crippen LogP contribution in [0.15, 0.2) is 30.3 Å². The van der Waals surface area contributed by atoms with Crippen molar-refractivity contribution in [2.24, 2.45) is 5.92 Å². The molecule has 0 aliphatic carbocycles. The summed E-state index contributed by atoms with van der Waals surface area (Å²) in [6, 6.07) is 9.35. The van der Waals surface area contributed by atoms with Crippen LogP contribution >= 0.6 is 0 Å². The van der Waals surface area contributed by atoms with Crippen LogP contribution in [0.25, 0.3) is 0 Å². The van der Waals surface area contributed by atoms with Crippen molar-refractivity contribution in [1.29, 1.82) is 0 Å². The van der Waals surface area contributed by atoms with Gasteiger partial charge in [-0.1, -0.05) is 37.3 Å². The summed E-state index contributed by atoms with van der Waals surface area (Å²) in [5.41, 5.74) is 0.908. The fourth-order valence-corrected chi connectivity index (χ4v) is 1.70. The zero-order valence-corrected chi connectivity index (χ0v) is 12.0. The summed E-state index contributed by atoms with van der Waals surface area (Å²) < 4.78 is 5.05. The number of nitrogens with one attached hydrogen (secondary N) is 1. The lowest BCUT2D eigenvalue weighted by molar-refractivity contribution is -0.147. The van der Waals surface area contributed by atoms with E-state index in [-0.39, 0.29) is 18.9 Å². The average Bonchev–Trinajstić information content (AvgIpc) is 2.49. The zero-order chi connectivity index (χ0) is 15.7. The van der Waals surface area contributed by atoms with Gasteiger partial charge in [0, 0.05) is 6.54 Å². The van der Waals surface area contributed by atoms with Crippen LogP contribution in [0.5, 0.6) is 0 Å². The highest BCUT2D eigenvalue weighted by atomic mass is 16.5. The third kappa shape index (κ3) is 7.31. The molecule has 0 saturated heterocycles. The third-order valence-electron chi connectivity index (χ3n) is 3.03. The van der Waals surface area contributed by atoms with Crippen molar-refractivity contribution in [3.05, 3.63) is 35.9 Å². The van der Waals surface area contributed by atoms with Gasteiger partial charge in [-0.3, -0.25) is 0 Å². The fraction of sp³-hybridized carbons (Fsp3) is 0.467. The van der Waals surface area contributed by atoms with E-state index in [0.29, 0.717) is 13.0 Å². The normalized spacial score (nSPS) is 13.2. The molecule has 0 fully saturated rings. The molecule has 0 aliphatic rings. The van der Waals surface area contributed by atoms with Crippen LogP contribution in [0, 0.1) is 5.92 Å². The SMILES string of the molecule is CC(CCC(O)C(=O)O)CNC(=O)OCc1ccccc1. The number of carboxylic acid groups (broad SMARTS) is 1. The first-order valence-electron chi connectivity index (χ1n) is 6.84. The van der Waals surface area contributed by atoms with Crippen molar-refractivity contribution in [1.82, 2.24) is 5.32 Å². The average molecular weight is 295 g/mol. The largest absolute Gasteiger partial charge is 0.479 e. The van der Waals surface area contributed by atoms with Crippen LogP contribution in [0.3, 0.4) is 0 Å². The fourth-order valence-electron chi connectivity index (χ4n) is 1.70. The van der Waals surface area contributed by atoms with Gasteiger partial charge < -0.3 is 20.3 Å². The van der Waals surface area contributed by atoms with Crippen molar-refractivity contribution >= 4 is 12.1 Å². The first-order valence-corrected chi connectivity index (χ1v) is 6.84. The molecule has 116 valence electrons. The number of carboxylic acids is 1. The number of ether oxygens (including phenoxy) is 1. The highest BCUT2D eigenvalue weighted by Crippen LogP contribution is 2.07. The lowest BCUT2D eigenvalue weighted by Crippen LogP contribution is -2.29. The highest BCUT2D eigenvalue weighted by molar-refractivity contribution is 5.71. The highest BCUT2D eigenvalue weighted by Gasteiger charge is 2.15. The molecule has 2 atom stereocenters. The van der Waals surface area contributed by atoms with Gasteiger partial charge in [-0.15, -0.1) is 0 Å². The molecule has 6 nitrogen and oxygen atoms in total. The molecule has 1 aromatic carbocycles. The van der Waals surface area contributed by atoms with E-state index in [1.807, 2.05) is 37.3 Å². The second-order valence-corrected chi connectivity index (χ2v) is 4.98. The standard InChI is InChI=1S/C15H21NO5/c1-11(7-8-13(17)14(18)19)9-16-15(20)21-10-12-5-3-2-4-6-12/h2-6,11,13,17H,7-10H2,1H3,(H,16,20)(H,18,19). The molecule has 1 aromatic rings. The van der Waals surface area contributed by atoms with Crippen LogP contribution in [0.1, 0.15) is 25.3 Å². The first-order chi connectivity index (χ1) is 9.99. The number of rotatable bonds is 8. The van der Waals surface area contributed by atoms with Crippen LogP contribution in [0.4, 0.5) is 4.79 Å². The van der Waals surface area contributed by atoms with Gasteiger partial charge in [0.15, 0.2) is 6.10 Å². The summed E-state index contributed by atoms with van der Waals surface area (Å²) in [4.78, 5) is 21.9. The maximum absolute atomic E-state index is 11.5. The number of hydrogen-bond acceptors (Lipinski definition) is 4. The van der Waals surface area contributed by atoms with E-state index in [0.717, 1.165) is 5.56 Å². The van der Waals surface area contributed by atoms with Gasteiger partial charge in [0.05, 0.1) is 0 Å². The Labute approximate surface area is 123 Å². The lowest BCUT2D eigenvalue weighted by Gasteiger charge is -2.13. The van der Waals surface area contributed by atoms with E-state index >= 15 is 0 Å². The minimum Gasteiger partial charge on any atom is -0.479 e. The van der Waals surface area contributed by atoms with E-state index in [9.17, 15) is 9.59 Å². The molecular formula is C15H21NO5. The van der Waals surface area contributed by atoms with Crippen molar-refractivity contribution in [3.63, 3.8) is 0 Å². The quantitative estimate of drug-likeness (QED) is 0.679. The number of hydrogen-bond donors (Lipinski definition) is 3. The summed E-state index contributed by atoms with van der Waals surface area (Å²) >= 11 is 0. The molecule has 0 bridgehead atoms. The zero-order valence-electron chi connectivity index (χ0n) is 12.0. The molecule has 0 spiro atoms. The second kappa shape index (κ2) is 8.97. The molecule has 0 aliphatic heterocycles. The van der Waals surface area contributed by atoms with Crippen molar-refractivity contribution in [3.8, 4) is 0 Å². The minimum atomic E-state index is -1.35. The summed E-state index contributed by atoms with van der Waals surface area (Å²) in [6.07, 6.45) is -1.19. The van der Waals surface area contributed by atoms with Crippen molar-refractivity contribution in [2.75, 3.05) is 6.54 Å². The Bertz CT molecular complexity index is 449. The van der Waals surface area contributed by atoms with Gasteiger partial charge in [0.25, 0.3) is 0 Å². The van der Waals surface area contributed by atoms with Gasteiger partial charge in [0.2, 0.25) is 0 Å². The van der Waals surface area contributed by atoms with Crippen molar-refractivity contribution < 1.29 is 24.5 Å². The van der Waals surface area contributed by atoms with E-state index in [2.05, 4.69) is 5.32 Å². The number of carbonyl (C=O) groups is 2. The molecule has 0 heterocycles. The molecule has 1 rings (SSSR count). The maximum atomic E-state index is 11.5. The van der Waals surface area contributed by atoms with Crippen LogP contribution in [0.2, 0.25) is 0 Å². The van der Waals surface area contributed by atoms with Gasteiger partial charge in [-0.25, -0.2) is 9.59 Å². The van der Waals surface area contributed by atoms with Crippen LogP contribution in [-0.2, 0) is 16.1 Å². The number of amides is 1. The Kier molecular flexibility index (Phi) is 7.25. The van der Waals surface area contributed by atoms with Gasteiger partial charge in [-0.05, 0) is 24.3 Å². The van der Waals surface area contributed by atoms with E-state index in [4.69, 9.17) is 14.9 Å². The van der Waals surface area contributed by atoms with Crippen molar-refractivity contribution in [2.45, 2.75) is 32.5 Å². The molecule has 0 saturated carbocycles. The van der Waals surface area contributed by atoms with Gasteiger partial charge in [0.1, 0.15) is 6.61 Å². The lowest BCUT2D eigenvalue weighted by atomic mass is 10.0. The summed E-state index contributed by atoms with van der Waals surface area (Å²) in [7, 11) is 0. The molecule has 3 N–H and O–H groups in total. The van der Waals surface area contributed by atoms with E-state index in [1.54, 1.807) is 0 Å². The van der Waals surface area contributed by atoms with E-state index in [1.165, 1.54) is 0 Å². The Morgan fingerprint density at radius 3 is 2.52 bits per heavy atom. The molecule has 6 heteroatoms. The number of aliphatic carboxylic acids is 1. The number of alkyl carbamates (subject to hydrolysis) is 1. The molecule has 2 unspecified atom stereocenters. The predicted molar refractivity (Wildman–Crippen MR) is 76.7 cm³/mol. The first kappa shape index (κ1) is 17.0. The second-order valence-electron chi connectivity index (χ2n) is 4.98. The molecule has 1 amide bonds. The summed E-state index contributed by atoms with van der Waals surface area (Å²) in [5, 5.41) is 20.3. The third-order valence-corrected chi connectivity index (χ3v) is 3.03. The van der Waals surface area contributed by atoms with E-state index < -0.39 is 18.2 Å². The number of aliphatic hydroxyl groups excluding tert-OH is 1.